The maximum absolute atomic E-state index is 5.74. The first-order chi connectivity index (χ1) is 29.7. The lowest BCUT2D eigenvalue weighted by molar-refractivity contribution is -0.671. The van der Waals surface area contributed by atoms with Gasteiger partial charge in [0, 0.05) is 24.3 Å². The topological polar surface area (TPSA) is 17.0 Å². The van der Waals surface area contributed by atoms with E-state index in [9.17, 15) is 0 Å². The zero-order chi connectivity index (χ0) is 42.0. The van der Waals surface area contributed by atoms with Gasteiger partial charge >= 0.3 is 0 Å². The highest BCUT2D eigenvalue weighted by atomic mass is 16.5. The quantitative estimate of drug-likeness (QED) is 0.133. The minimum Gasteiger partial charge on any atom is -0.497 e. The summed E-state index contributed by atoms with van der Waals surface area (Å²) in [7, 11) is 5.84. The van der Waals surface area contributed by atoms with Gasteiger partial charge in [-0.05, 0) is 122 Å². The number of rotatable bonds is 9. The van der Waals surface area contributed by atoms with Gasteiger partial charge in [-0.1, -0.05) is 150 Å². The van der Waals surface area contributed by atoms with E-state index in [0.717, 1.165) is 39.1 Å². The first-order valence-corrected chi connectivity index (χ1v) is 21.0. The number of ether oxygens (including phenoxy) is 1. The molecule has 3 heteroatoms. The van der Waals surface area contributed by atoms with Gasteiger partial charge in [-0.3, -0.25) is 0 Å². The number of hydrogen-bond donors (Lipinski definition) is 0. The predicted molar refractivity (Wildman–Crippen MR) is 253 cm³/mol. The molecule has 61 heavy (non-hydrogen) atoms. The van der Waals surface area contributed by atoms with E-state index < -0.39 is 0 Å². The molecule has 0 saturated heterocycles. The summed E-state index contributed by atoms with van der Waals surface area (Å²) in [6, 6.07) is 63.0. The van der Waals surface area contributed by atoms with Crippen molar-refractivity contribution in [2.75, 3.05) is 7.11 Å². The van der Waals surface area contributed by atoms with E-state index in [-0.39, 0.29) is 0 Å². The van der Waals surface area contributed by atoms with Gasteiger partial charge in [-0.2, -0.15) is 0 Å². The van der Waals surface area contributed by atoms with Crippen LogP contribution in [-0.2, 0) is 14.1 Å². The van der Waals surface area contributed by atoms with Crippen LogP contribution in [0.25, 0.3) is 89.0 Å². The van der Waals surface area contributed by atoms with Gasteiger partial charge in [0.25, 0.3) is 0 Å². The summed E-state index contributed by atoms with van der Waals surface area (Å²) in [6.07, 6.45) is 8.42. The average molecular weight is 791 g/mol. The van der Waals surface area contributed by atoms with E-state index in [1.165, 1.54) is 72.3 Å². The monoisotopic (exact) mass is 790 g/mol. The van der Waals surface area contributed by atoms with Crippen LogP contribution in [0.5, 0.6) is 5.75 Å². The molecular weight excluding hydrogens is 741 g/mol. The van der Waals surface area contributed by atoms with Crippen molar-refractivity contribution in [3.05, 3.63) is 211 Å². The number of aromatic nitrogens is 2. The molecule has 3 nitrogen and oxygen atoms in total. The molecule has 2 heterocycles. The second kappa shape index (κ2) is 16.7. The smallest absolute Gasteiger partial charge is 0.169 e. The highest BCUT2D eigenvalue weighted by molar-refractivity contribution is 6.15. The molecule has 7 aromatic carbocycles. The molecule has 0 saturated carbocycles. The van der Waals surface area contributed by atoms with Crippen LogP contribution in [0.3, 0.4) is 0 Å². The lowest BCUT2D eigenvalue weighted by atomic mass is 9.74. The minimum absolute atomic E-state index is 0.824. The predicted octanol–water partition coefficient (Wildman–Crippen LogP) is 13.6. The van der Waals surface area contributed by atoms with Crippen molar-refractivity contribution in [2.24, 2.45) is 14.1 Å². The number of hydrogen-bond acceptors (Lipinski definition) is 1. The minimum atomic E-state index is 0.824. The molecule has 0 bridgehead atoms. The van der Waals surface area contributed by atoms with Crippen LogP contribution < -0.4 is 13.9 Å². The highest BCUT2D eigenvalue weighted by Crippen LogP contribution is 2.56. The van der Waals surface area contributed by atoms with Crippen LogP contribution in [0.1, 0.15) is 16.7 Å². The molecule has 0 aliphatic carbocycles. The van der Waals surface area contributed by atoms with E-state index in [2.05, 4.69) is 239 Å². The van der Waals surface area contributed by atoms with E-state index in [4.69, 9.17) is 4.74 Å². The molecule has 2 aromatic heterocycles. The van der Waals surface area contributed by atoms with E-state index >= 15 is 0 Å². The number of methoxy groups -OCH3 is 1. The Bertz CT molecular complexity index is 2790. The summed E-state index contributed by atoms with van der Waals surface area (Å²) in [5.74, 6) is 0.824. The molecule has 0 aliphatic heterocycles. The maximum Gasteiger partial charge on any atom is 0.169 e. The van der Waals surface area contributed by atoms with Crippen LogP contribution in [0.4, 0.5) is 0 Å². The van der Waals surface area contributed by atoms with Crippen molar-refractivity contribution in [3.8, 4) is 94.8 Å². The lowest BCUT2D eigenvalue weighted by Gasteiger charge is -2.29. The molecule has 0 atom stereocenters. The number of nitrogens with zero attached hydrogens (tertiary/aromatic N) is 2. The summed E-state index contributed by atoms with van der Waals surface area (Å²) in [6.45, 7) is 6.49. The van der Waals surface area contributed by atoms with E-state index in [1.54, 1.807) is 7.11 Å². The Morgan fingerprint density at radius 3 is 0.705 bits per heavy atom. The standard InChI is InChI=1S/C58H50N2O/c1-39-7-13-46(14-8-39)53-56(49-23-19-42(20-24-49)44-31-35-59(4)36-32-44)54(47-15-9-40(2)10-16-47)58(51-27-29-52(61-6)30-28-51)55(48-17-11-41(3)12-18-48)57(53)50-25-21-43(22-26-50)45-33-37-60(5)38-34-45/h7-38H,1-6H3/q+2. The Hall–Kier alpha value is -7.36. The largest absolute Gasteiger partial charge is 0.497 e. The van der Waals surface area contributed by atoms with Crippen molar-refractivity contribution < 1.29 is 13.9 Å². The fraction of sp³-hybridized carbons (Fsp3) is 0.103. The average Bonchev–Trinajstić information content (AvgIpc) is 3.30. The Morgan fingerprint density at radius 1 is 0.262 bits per heavy atom. The van der Waals surface area contributed by atoms with Crippen LogP contribution in [0.2, 0.25) is 0 Å². The van der Waals surface area contributed by atoms with Crippen LogP contribution in [-0.4, -0.2) is 7.11 Å². The summed E-state index contributed by atoms with van der Waals surface area (Å²) >= 11 is 0. The normalized spacial score (nSPS) is 11.1. The first-order valence-electron chi connectivity index (χ1n) is 21.0. The highest BCUT2D eigenvalue weighted by Gasteiger charge is 2.29. The van der Waals surface area contributed by atoms with Gasteiger partial charge in [0.05, 0.1) is 7.11 Å². The van der Waals surface area contributed by atoms with Crippen molar-refractivity contribution in [2.45, 2.75) is 20.8 Å². The van der Waals surface area contributed by atoms with Gasteiger partial charge in [-0.25, -0.2) is 9.13 Å². The molecule has 0 fully saturated rings. The summed E-state index contributed by atoms with van der Waals surface area (Å²) in [5.41, 5.74) is 22.4. The van der Waals surface area contributed by atoms with Gasteiger partial charge < -0.3 is 4.74 Å². The van der Waals surface area contributed by atoms with Gasteiger partial charge in [0.15, 0.2) is 24.8 Å². The van der Waals surface area contributed by atoms with Crippen molar-refractivity contribution in [1.82, 2.24) is 0 Å². The number of aryl methyl sites for hydroxylation is 5. The zero-order valence-electron chi connectivity index (χ0n) is 35.8. The van der Waals surface area contributed by atoms with Gasteiger partial charge in [0.2, 0.25) is 0 Å². The summed E-state index contributed by atoms with van der Waals surface area (Å²) in [4.78, 5) is 0. The van der Waals surface area contributed by atoms with Crippen molar-refractivity contribution in [3.63, 3.8) is 0 Å². The molecular formula is C58H50N2O+2. The third-order valence-corrected chi connectivity index (χ3v) is 11.9. The fourth-order valence-corrected chi connectivity index (χ4v) is 8.45. The van der Waals surface area contributed by atoms with Crippen molar-refractivity contribution >= 4 is 0 Å². The summed E-state index contributed by atoms with van der Waals surface area (Å²) < 4.78 is 9.89. The molecule has 0 amide bonds. The Kier molecular flexibility index (Phi) is 10.7. The molecule has 0 spiro atoms. The Balaban J connectivity index is 1.47. The molecule has 0 aliphatic rings. The molecule has 9 rings (SSSR count). The SMILES string of the molecule is COc1ccc(-c2c(-c3ccc(C)cc3)c(-c3ccc(-c4cc[n+](C)cc4)cc3)c(-c3ccc(C)cc3)c(-c3ccc(-c4cc[n+](C)cc4)cc3)c2-c2ccc(C)cc2)cc1. The Labute approximate surface area is 360 Å². The molecule has 296 valence electrons. The van der Waals surface area contributed by atoms with Crippen LogP contribution >= 0.6 is 0 Å². The fourth-order valence-electron chi connectivity index (χ4n) is 8.45. The molecule has 0 unspecified atom stereocenters. The second-order valence-electron chi connectivity index (χ2n) is 16.2. The molecule has 0 radical (unpaired) electrons. The van der Waals surface area contributed by atoms with Crippen molar-refractivity contribution in [1.29, 1.82) is 0 Å². The van der Waals surface area contributed by atoms with Gasteiger partial charge in [-0.15, -0.1) is 0 Å². The van der Waals surface area contributed by atoms with E-state index in [0.29, 0.717) is 0 Å². The van der Waals surface area contributed by atoms with E-state index in [1.807, 2.05) is 0 Å². The lowest BCUT2D eigenvalue weighted by Crippen LogP contribution is -2.25. The van der Waals surface area contributed by atoms with Crippen LogP contribution in [0, 0.1) is 20.8 Å². The van der Waals surface area contributed by atoms with Crippen LogP contribution in [0.15, 0.2) is 195 Å². The number of benzene rings is 7. The maximum atomic E-state index is 5.74. The zero-order valence-corrected chi connectivity index (χ0v) is 35.8. The summed E-state index contributed by atoms with van der Waals surface area (Å²) in [5, 5.41) is 0. The molecule has 0 N–H and O–H groups in total. The van der Waals surface area contributed by atoms with Gasteiger partial charge in [0.1, 0.15) is 19.8 Å². The Morgan fingerprint density at radius 2 is 0.459 bits per heavy atom. The third-order valence-electron chi connectivity index (χ3n) is 11.9. The number of pyridine rings is 2. The first kappa shape index (κ1) is 39.1. The molecule has 9 aromatic rings. The third kappa shape index (κ3) is 7.91. The second-order valence-corrected chi connectivity index (χ2v) is 16.2.